The molecule has 3 aromatic rings. The quantitative estimate of drug-likeness (QED) is 0.279. The molecular formula is C34H38O4. The number of ketones is 3. The highest BCUT2D eigenvalue weighted by Gasteiger charge is 2.51. The first-order valence-electron chi connectivity index (χ1n) is 13.5. The van der Waals surface area contributed by atoms with Gasteiger partial charge in [-0.2, -0.15) is 0 Å². The standard InChI is InChI=1S/C34H38O4/c1-22-13-12-18-28(23(22)2)30(35)20-27(19-25-14-8-6-9-15-25)24(3)32(36)29-21-38-34(4,5)31(29)33(37)26-16-10-7-11-17-26/h6-18,24,27,29,31H,19-21H2,1-5H3. The van der Waals surface area contributed by atoms with Gasteiger partial charge in [0.05, 0.1) is 24.0 Å². The molecule has 4 rings (SSSR count). The fraction of sp³-hybridized carbons (Fsp3) is 0.382. The van der Waals surface area contributed by atoms with Gasteiger partial charge in [-0.25, -0.2) is 0 Å². The number of aryl methyl sites for hydroxylation is 1. The Morgan fingerprint density at radius 2 is 1.53 bits per heavy atom. The van der Waals surface area contributed by atoms with Crippen molar-refractivity contribution in [3.05, 3.63) is 107 Å². The normalized spacial score (nSPS) is 20.0. The molecule has 1 aliphatic heterocycles. The van der Waals surface area contributed by atoms with Crippen molar-refractivity contribution in [3.8, 4) is 0 Å². The highest BCUT2D eigenvalue weighted by Crippen LogP contribution is 2.41. The predicted octanol–water partition coefficient (Wildman–Crippen LogP) is 6.86. The second kappa shape index (κ2) is 11.6. The molecule has 0 radical (unpaired) electrons. The molecule has 0 bridgehead atoms. The minimum atomic E-state index is -0.754. The summed E-state index contributed by atoms with van der Waals surface area (Å²) in [5.41, 5.74) is 3.70. The molecule has 0 aliphatic carbocycles. The van der Waals surface area contributed by atoms with E-state index >= 15 is 0 Å². The second-order valence-corrected chi connectivity index (χ2v) is 11.2. The van der Waals surface area contributed by atoms with Crippen LogP contribution in [0, 0.1) is 37.5 Å². The number of hydrogen-bond donors (Lipinski definition) is 0. The first kappa shape index (κ1) is 27.7. The SMILES string of the molecule is Cc1cccc(C(=O)CC(Cc2ccccc2)C(C)C(=O)C2COC(C)(C)C2C(=O)c2ccccc2)c1C. The van der Waals surface area contributed by atoms with Crippen molar-refractivity contribution < 1.29 is 19.1 Å². The molecule has 198 valence electrons. The number of benzene rings is 3. The fourth-order valence-corrected chi connectivity index (χ4v) is 5.82. The molecular weight excluding hydrogens is 472 g/mol. The summed E-state index contributed by atoms with van der Waals surface area (Å²) in [6.45, 7) is 9.89. The van der Waals surface area contributed by atoms with Crippen molar-refractivity contribution in [1.29, 1.82) is 0 Å². The molecule has 4 nitrogen and oxygen atoms in total. The Balaban J connectivity index is 1.62. The van der Waals surface area contributed by atoms with E-state index in [0.717, 1.165) is 16.7 Å². The lowest BCUT2D eigenvalue weighted by molar-refractivity contribution is -0.128. The number of carbonyl (C=O) groups excluding carboxylic acids is 3. The van der Waals surface area contributed by atoms with Crippen LogP contribution >= 0.6 is 0 Å². The van der Waals surface area contributed by atoms with Gasteiger partial charge in [-0.1, -0.05) is 85.8 Å². The number of hydrogen-bond acceptors (Lipinski definition) is 4. The van der Waals surface area contributed by atoms with Crippen LogP contribution in [0.1, 0.15) is 64.6 Å². The van der Waals surface area contributed by atoms with E-state index in [4.69, 9.17) is 4.74 Å². The fourth-order valence-electron chi connectivity index (χ4n) is 5.82. The molecule has 4 heteroatoms. The Kier molecular flexibility index (Phi) is 8.42. The molecule has 3 aromatic carbocycles. The molecule has 4 atom stereocenters. The van der Waals surface area contributed by atoms with Crippen molar-refractivity contribution in [2.45, 2.75) is 53.1 Å². The Morgan fingerprint density at radius 3 is 2.18 bits per heavy atom. The smallest absolute Gasteiger partial charge is 0.169 e. The molecule has 1 saturated heterocycles. The third kappa shape index (κ3) is 5.86. The zero-order valence-electron chi connectivity index (χ0n) is 23.1. The number of rotatable bonds is 10. The molecule has 1 heterocycles. The maximum absolute atomic E-state index is 14.1. The van der Waals surface area contributed by atoms with Crippen LogP contribution in [0.5, 0.6) is 0 Å². The lowest BCUT2D eigenvalue weighted by Crippen LogP contribution is -2.41. The lowest BCUT2D eigenvalue weighted by Gasteiger charge is -2.30. The number of Topliss-reactive ketones (excluding diaryl/α,β-unsaturated/α-hetero) is 3. The Hall–Kier alpha value is -3.37. The molecule has 0 N–H and O–H groups in total. The van der Waals surface area contributed by atoms with Gasteiger partial charge in [-0.15, -0.1) is 0 Å². The first-order valence-corrected chi connectivity index (χ1v) is 13.5. The van der Waals surface area contributed by atoms with Gasteiger partial charge in [-0.05, 0) is 56.7 Å². The van der Waals surface area contributed by atoms with Gasteiger partial charge in [0, 0.05) is 23.5 Å². The van der Waals surface area contributed by atoms with Crippen LogP contribution in [0.3, 0.4) is 0 Å². The van der Waals surface area contributed by atoms with Gasteiger partial charge in [0.25, 0.3) is 0 Å². The summed E-state index contributed by atoms with van der Waals surface area (Å²) in [5, 5.41) is 0. The topological polar surface area (TPSA) is 60.4 Å². The Bertz CT molecular complexity index is 1290. The number of ether oxygens (including phenoxy) is 1. The van der Waals surface area contributed by atoms with Gasteiger partial charge in [0.15, 0.2) is 11.6 Å². The maximum Gasteiger partial charge on any atom is 0.169 e. The molecule has 4 unspecified atom stereocenters. The average Bonchev–Trinajstić information content (AvgIpc) is 3.24. The molecule has 0 aromatic heterocycles. The Labute approximate surface area is 226 Å². The molecule has 1 fully saturated rings. The van der Waals surface area contributed by atoms with E-state index in [9.17, 15) is 14.4 Å². The highest BCUT2D eigenvalue weighted by molar-refractivity contribution is 6.02. The lowest BCUT2D eigenvalue weighted by atomic mass is 9.71. The molecule has 0 saturated carbocycles. The van der Waals surface area contributed by atoms with E-state index in [2.05, 4.69) is 0 Å². The van der Waals surface area contributed by atoms with Crippen LogP contribution < -0.4 is 0 Å². The van der Waals surface area contributed by atoms with Crippen LogP contribution in [0.2, 0.25) is 0 Å². The molecule has 0 amide bonds. The van der Waals surface area contributed by atoms with Crippen molar-refractivity contribution in [3.63, 3.8) is 0 Å². The van der Waals surface area contributed by atoms with Crippen LogP contribution in [0.15, 0.2) is 78.9 Å². The molecule has 1 aliphatic rings. The van der Waals surface area contributed by atoms with Gasteiger partial charge in [0.2, 0.25) is 0 Å². The van der Waals surface area contributed by atoms with Crippen LogP contribution in [-0.2, 0) is 16.0 Å². The summed E-state index contributed by atoms with van der Waals surface area (Å²) in [5.74, 6) is -1.77. The zero-order chi connectivity index (χ0) is 27.4. The van der Waals surface area contributed by atoms with E-state index in [1.54, 1.807) is 12.1 Å². The summed E-state index contributed by atoms with van der Waals surface area (Å²) in [4.78, 5) is 41.3. The zero-order valence-corrected chi connectivity index (χ0v) is 23.1. The van der Waals surface area contributed by atoms with Crippen molar-refractivity contribution in [2.75, 3.05) is 6.61 Å². The van der Waals surface area contributed by atoms with Crippen molar-refractivity contribution in [2.24, 2.45) is 23.7 Å². The number of carbonyl (C=O) groups is 3. The van der Waals surface area contributed by atoms with Crippen LogP contribution in [0.25, 0.3) is 0 Å². The van der Waals surface area contributed by atoms with Gasteiger partial charge in [-0.3, -0.25) is 14.4 Å². The summed E-state index contributed by atoms with van der Waals surface area (Å²) in [7, 11) is 0. The first-order chi connectivity index (χ1) is 18.1. The third-order valence-corrected chi connectivity index (χ3v) is 8.34. The highest BCUT2D eigenvalue weighted by atomic mass is 16.5. The van der Waals surface area contributed by atoms with Crippen molar-refractivity contribution >= 4 is 17.3 Å². The largest absolute Gasteiger partial charge is 0.374 e. The Morgan fingerprint density at radius 1 is 0.895 bits per heavy atom. The molecule has 38 heavy (non-hydrogen) atoms. The van der Waals surface area contributed by atoms with Crippen LogP contribution in [-0.4, -0.2) is 29.6 Å². The van der Waals surface area contributed by atoms with E-state index in [-0.39, 0.29) is 36.3 Å². The minimum absolute atomic E-state index is 0.000415. The molecule has 0 spiro atoms. The van der Waals surface area contributed by atoms with E-state index in [1.165, 1.54) is 0 Å². The van der Waals surface area contributed by atoms with Crippen LogP contribution in [0.4, 0.5) is 0 Å². The second-order valence-electron chi connectivity index (χ2n) is 11.2. The predicted molar refractivity (Wildman–Crippen MR) is 150 cm³/mol. The summed E-state index contributed by atoms with van der Waals surface area (Å²) in [6, 6.07) is 24.9. The van der Waals surface area contributed by atoms with Gasteiger partial charge >= 0.3 is 0 Å². The minimum Gasteiger partial charge on any atom is -0.374 e. The van der Waals surface area contributed by atoms with E-state index in [0.29, 0.717) is 17.5 Å². The third-order valence-electron chi connectivity index (χ3n) is 8.34. The maximum atomic E-state index is 14.1. The summed E-state index contributed by atoms with van der Waals surface area (Å²) in [6.07, 6.45) is 0.874. The van der Waals surface area contributed by atoms with E-state index in [1.807, 2.05) is 101 Å². The average molecular weight is 511 g/mol. The van der Waals surface area contributed by atoms with Crippen molar-refractivity contribution in [1.82, 2.24) is 0 Å². The summed E-state index contributed by atoms with van der Waals surface area (Å²) < 4.78 is 6.05. The van der Waals surface area contributed by atoms with Gasteiger partial charge < -0.3 is 4.74 Å². The van der Waals surface area contributed by atoms with Gasteiger partial charge in [0.1, 0.15) is 5.78 Å². The van der Waals surface area contributed by atoms with E-state index < -0.39 is 23.4 Å². The summed E-state index contributed by atoms with van der Waals surface area (Å²) >= 11 is 0. The monoisotopic (exact) mass is 510 g/mol.